The maximum atomic E-state index is 10.6. The highest BCUT2D eigenvalue weighted by atomic mass is 35.7. The van der Waals surface area contributed by atoms with E-state index in [0.29, 0.717) is 16.5 Å². The molecule has 0 aliphatic rings. The second-order valence-corrected chi connectivity index (χ2v) is 6.58. The van der Waals surface area contributed by atoms with E-state index >= 15 is 0 Å². The van der Waals surface area contributed by atoms with Gasteiger partial charge in [-0.25, -0.2) is 13.4 Å². The summed E-state index contributed by atoms with van der Waals surface area (Å²) in [5, 5.41) is 9.20. The molecule has 0 N–H and O–H groups in total. The lowest BCUT2D eigenvalue weighted by molar-refractivity contribution is 0.611. The SMILES string of the molecule is N#Cc1cccc(SCCS(=O)(=O)Cl)n1. The Hall–Kier alpha value is -0.770. The van der Waals surface area contributed by atoms with Gasteiger partial charge in [0.05, 0.1) is 10.8 Å². The van der Waals surface area contributed by atoms with Crippen molar-refractivity contribution in [2.24, 2.45) is 0 Å². The van der Waals surface area contributed by atoms with E-state index in [2.05, 4.69) is 4.98 Å². The third-order valence-corrected chi connectivity index (χ3v) is 3.76. The van der Waals surface area contributed by atoms with E-state index in [1.807, 2.05) is 6.07 Å². The van der Waals surface area contributed by atoms with Crippen molar-refractivity contribution in [1.82, 2.24) is 4.98 Å². The van der Waals surface area contributed by atoms with Gasteiger partial charge in [-0.05, 0) is 12.1 Å². The first-order valence-corrected chi connectivity index (χ1v) is 7.40. The zero-order chi connectivity index (χ0) is 11.3. The van der Waals surface area contributed by atoms with E-state index in [-0.39, 0.29) is 5.75 Å². The Morgan fingerprint density at radius 1 is 1.53 bits per heavy atom. The lowest BCUT2D eigenvalue weighted by atomic mass is 10.4. The van der Waals surface area contributed by atoms with Crippen molar-refractivity contribution in [2.45, 2.75) is 5.03 Å². The number of hydrogen-bond donors (Lipinski definition) is 0. The average molecular weight is 263 g/mol. The highest BCUT2D eigenvalue weighted by molar-refractivity contribution is 8.14. The number of aromatic nitrogens is 1. The maximum Gasteiger partial charge on any atom is 0.233 e. The summed E-state index contributed by atoms with van der Waals surface area (Å²) >= 11 is 1.25. The highest BCUT2D eigenvalue weighted by Crippen LogP contribution is 2.16. The molecule has 0 unspecified atom stereocenters. The monoisotopic (exact) mass is 262 g/mol. The highest BCUT2D eigenvalue weighted by Gasteiger charge is 2.05. The van der Waals surface area contributed by atoms with Crippen molar-refractivity contribution >= 4 is 31.5 Å². The van der Waals surface area contributed by atoms with E-state index in [4.69, 9.17) is 15.9 Å². The zero-order valence-electron chi connectivity index (χ0n) is 7.55. The third kappa shape index (κ3) is 5.02. The predicted octanol–water partition coefficient (Wildman–Crippen LogP) is 1.61. The lowest BCUT2D eigenvalue weighted by Crippen LogP contribution is -2.00. The van der Waals surface area contributed by atoms with Crippen LogP contribution in [0.3, 0.4) is 0 Å². The topological polar surface area (TPSA) is 70.8 Å². The molecule has 80 valence electrons. The van der Waals surface area contributed by atoms with Crippen LogP contribution in [0, 0.1) is 11.3 Å². The van der Waals surface area contributed by atoms with Gasteiger partial charge in [0.25, 0.3) is 0 Å². The molecule has 1 aromatic rings. The van der Waals surface area contributed by atoms with Crippen molar-refractivity contribution in [3.05, 3.63) is 23.9 Å². The zero-order valence-corrected chi connectivity index (χ0v) is 9.94. The molecule has 0 aromatic carbocycles. The van der Waals surface area contributed by atoms with Crippen LogP contribution in [0.4, 0.5) is 0 Å². The van der Waals surface area contributed by atoms with Gasteiger partial charge >= 0.3 is 0 Å². The molecule has 0 aliphatic heterocycles. The van der Waals surface area contributed by atoms with Crippen LogP contribution in [-0.4, -0.2) is 24.9 Å². The van der Waals surface area contributed by atoms with E-state index in [1.54, 1.807) is 18.2 Å². The molecule has 4 nitrogen and oxygen atoms in total. The normalized spacial score (nSPS) is 10.9. The Labute approximate surface area is 96.7 Å². The summed E-state index contributed by atoms with van der Waals surface area (Å²) in [5.74, 6) is 0.214. The Morgan fingerprint density at radius 2 is 2.27 bits per heavy atom. The lowest BCUT2D eigenvalue weighted by Gasteiger charge is -1.98. The molecule has 1 aromatic heterocycles. The van der Waals surface area contributed by atoms with E-state index in [1.165, 1.54) is 11.8 Å². The molecule has 7 heteroatoms. The minimum absolute atomic E-state index is 0.113. The standard InChI is InChI=1S/C8H7ClN2O2S2/c9-15(12,13)5-4-14-8-3-1-2-7(6-10)11-8/h1-3H,4-5H2. The molecule has 0 radical (unpaired) electrons. The molecule has 15 heavy (non-hydrogen) atoms. The van der Waals surface area contributed by atoms with Crippen molar-refractivity contribution in [3.63, 3.8) is 0 Å². The van der Waals surface area contributed by atoms with Gasteiger partial charge in [-0.1, -0.05) is 6.07 Å². The number of nitriles is 1. The molecule has 0 amide bonds. The summed E-state index contributed by atoms with van der Waals surface area (Å²) in [6.45, 7) is 0. The molecule has 0 saturated carbocycles. The molecule has 0 atom stereocenters. The summed E-state index contributed by atoms with van der Waals surface area (Å²) < 4.78 is 21.2. The second-order valence-electron chi connectivity index (χ2n) is 2.56. The number of rotatable bonds is 4. The van der Waals surface area contributed by atoms with Crippen molar-refractivity contribution in [3.8, 4) is 6.07 Å². The van der Waals surface area contributed by atoms with Crippen LogP contribution in [0.1, 0.15) is 5.69 Å². The molecule has 0 fully saturated rings. The van der Waals surface area contributed by atoms with Crippen LogP contribution >= 0.6 is 22.4 Å². The molecule has 0 spiro atoms. The fraction of sp³-hybridized carbons (Fsp3) is 0.250. The first kappa shape index (κ1) is 12.3. The number of pyridine rings is 1. The molecule has 0 aliphatic carbocycles. The predicted molar refractivity (Wildman–Crippen MR) is 59.3 cm³/mol. The Balaban J connectivity index is 2.55. The van der Waals surface area contributed by atoms with Crippen LogP contribution in [0.15, 0.2) is 23.2 Å². The molecule has 1 heterocycles. The number of halogens is 1. The van der Waals surface area contributed by atoms with E-state index in [9.17, 15) is 8.42 Å². The second kappa shape index (κ2) is 5.35. The van der Waals surface area contributed by atoms with Crippen molar-refractivity contribution in [2.75, 3.05) is 11.5 Å². The quantitative estimate of drug-likeness (QED) is 0.609. The van der Waals surface area contributed by atoms with Crippen molar-refractivity contribution < 1.29 is 8.42 Å². The van der Waals surface area contributed by atoms with Gasteiger partial charge in [-0.2, -0.15) is 5.26 Å². The molecule has 0 saturated heterocycles. The van der Waals surface area contributed by atoms with Gasteiger partial charge < -0.3 is 0 Å². The maximum absolute atomic E-state index is 10.6. The smallest absolute Gasteiger partial charge is 0.231 e. The first-order chi connectivity index (χ1) is 7.01. The van der Waals surface area contributed by atoms with E-state index < -0.39 is 9.05 Å². The van der Waals surface area contributed by atoms with Gasteiger partial charge in [0.1, 0.15) is 11.8 Å². The number of nitrogens with zero attached hydrogens (tertiary/aromatic N) is 2. The summed E-state index contributed by atoms with van der Waals surface area (Å²) in [6, 6.07) is 6.90. The fourth-order valence-electron chi connectivity index (χ4n) is 0.803. The Morgan fingerprint density at radius 3 is 2.87 bits per heavy atom. The fourth-order valence-corrected chi connectivity index (χ4v) is 3.05. The number of hydrogen-bond acceptors (Lipinski definition) is 5. The summed E-state index contributed by atoms with van der Waals surface area (Å²) in [5.41, 5.74) is 0.314. The largest absolute Gasteiger partial charge is 0.233 e. The van der Waals surface area contributed by atoms with Crippen LogP contribution in [0.2, 0.25) is 0 Å². The average Bonchev–Trinajstić information content (AvgIpc) is 2.16. The summed E-state index contributed by atoms with van der Waals surface area (Å²) in [7, 11) is 1.59. The third-order valence-electron chi connectivity index (χ3n) is 1.42. The first-order valence-electron chi connectivity index (χ1n) is 3.93. The minimum atomic E-state index is -3.45. The molecule has 0 bridgehead atoms. The van der Waals surface area contributed by atoms with Gasteiger partial charge in [-0.15, -0.1) is 11.8 Å². The van der Waals surface area contributed by atoms with Gasteiger partial charge in [0.2, 0.25) is 9.05 Å². The Bertz CT molecular complexity index is 482. The van der Waals surface area contributed by atoms with Crippen LogP contribution in [0.25, 0.3) is 0 Å². The Kier molecular flexibility index (Phi) is 4.39. The van der Waals surface area contributed by atoms with E-state index in [0.717, 1.165) is 0 Å². The molecule has 1 rings (SSSR count). The van der Waals surface area contributed by atoms with Crippen LogP contribution < -0.4 is 0 Å². The summed E-state index contributed by atoms with van der Waals surface area (Å²) in [4.78, 5) is 3.97. The number of thioether (sulfide) groups is 1. The van der Waals surface area contributed by atoms with Crippen LogP contribution in [0.5, 0.6) is 0 Å². The summed E-state index contributed by atoms with van der Waals surface area (Å²) in [6.07, 6.45) is 0. The van der Waals surface area contributed by atoms with Crippen molar-refractivity contribution in [1.29, 1.82) is 5.26 Å². The molecular weight excluding hydrogens is 256 g/mol. The van der Waals surface area contributed by atoms with Gasteiger partial charge in [0.15, 0.2) is 0 Å². The van der Waals surface area contributed by atoms with Gasteiger partial charge in [0, 0.05) is 16.4 Å². The van der Waals surface area contributed by atoms with Crippen LogP contribution in [-0.2, 0) is 9.05 Å². The minimum Gasteiger partial charge on any atom is -0.231 e. The molecular formula is C8H7ClN2O2S2. The van der Waals surface area contributed by atoms with Gasteiger partial charge in [-0.3, -0.25) is 0 Å².